The van der Waals surface area contributed by atoms with Gasteiger partial charge in [0.25, 0.3) is 0 Å². The molecule has 2 aromatic carbocycles. The van der Waals surface area contributed by atoms with Crippen LogP contribution < -0.4 is 14.2 Å². The molecule has 0 unspecified atom stereocenters. The van der Waals surface area contributed by atoms with Gasteiger partial charge in [-0.15, -0.1) is 0 Å². The lowest BCUT2D eigenvalue weighted by molar-refractivity contribution is 0.0811. The quantitative estimate of drug-likeness (QED) is 0.674. The summed E-state index contributed by atoms with van der Waals surface area (Å²) in [5, 5.41) is 0. The van der Waals surface area contributed by atoms with Crippen molar-refractivity contribution in [2.45, 2.75) is 19.4 Å². The molecule has 1 heterocycles. The third-order valence-electron chi connectivity index (χ3n) is 5.17. The molecule has 0 saturated carbocycles. The molecule has 28 heavy (non-hydrogen) atoms. The van der Waals surface area contributed by atoms with Crippen molar-refractivity contribution in [1.82, 2.24) is 4.90 Å². The van der Waals surface area contributed by atoms with Crippen LogP contribution in [0.1, 0.15) is 28.8 Å². The van der Waals surface area contributed by atoms with E-state index in [1.165, 1.54) is 13.2 Å². The summed E-state index contributed by atoms with van der Waals surface area (Å²) in [6.45, 7) is 2.24. The fourth-order valence-corrected chi connectivity index (χ4v) is 3.70. The molecule has 1 atom stereocenters. The molecular formula is C22H26FNO4. The smallest absolute Gasteiger partial charge is 0.167 e. The molecule has 0 bridgehead atoms. The van der Waals surface area contributed by atoms with Crippen LogP contribution in [0.5, 0.6) is 17.2 Å². The van der Waals surface area contributed by atoms with E-state index in [9.17, 15) is 9.18 Å². The lowest BCUT2D eigenvalue weighted by Gasteiger charge is -2.32. The van der Waals surface area contributed by atoms with Crippen LogP contribution in [-0.4, -0.2) is 45.1 Å². The highest BCUT2D eigenvalue weighted by molar-refractivity contribution is 5.98. The normalized spacial score (nSPS) is 17.2. The van der Waals surface area contributed by atoms with Gasteiger partial charge < -0.3 is 14.2 Å². The van der Waals surface area contributed by atoms with Gasteiger partial charge in [-0.05, 0) is 55.3 Å². The second-order valence-corrected chi connectivity index (χ2v) is 6.98. The summed E-state index contributed by atoms with van der Waals surface area (Å²) in [6, 6.07) is 10.2. The van der Waals surface area contributed by atoms with E-state index < -0.39 is 0 Å². The predicted molar refractivity (Wildman–Crippen MR) is 105 cm³/mol. The van der Waals surface area contributed by atoms with Crippen molar-refractivity contribution in [2.24, 2.45) is 5.92 Å². The number of carbonyl (C=O) groups is 1. The van der Waals surface area contributed by atoms with Gasteiger partial charge in [-0.25, -0.2) is 4.39 Å². The zero-order valence-electron chi connectivity index (χ0n) is 16.5. The number of likely N-dealkylation sites (tertiary alicyclic amines) is 1. The predicted octanol–water partition coefficient (Wildman–Crippen LogP) is 3.95. The van der Waals surface area contributed by atoms with Crippen LogP contribution in [0.4, 0.5) is 4.39 Å². The molecule has 1 fully saturated rings. The average molecular weight is 387 g/mol. The number of piperidine rings is 1. The third kappa shape index (κ3) is 4.44. The van der Waals surface area contributed by atoms with E-state index in [0.29, 0.717) is 30.2 Å². The van der Waals surface area contributed by atoms with E-state index in [0.717, 1.165) is 24.9 Å². The SMILES string of the molecule is COc1cc(CN2CCC[C@@H](C(=O)c3ccc(OC)c(OC)c3)C2)ccc1F. The first kappa shape index (κ1) is 20.1. The number of halogens is 1. The van der Waals surface area contributed by atoms with Gasteiger partial charge in [-0.1, -0.05) is 6.07 Å². The summed E-state index contributed by atoms with van der Waals surface area (Å²) in [5.74, 6) is 1.07. The summed E-state index contributed by atoms with van der Waals surface area (Å²) >= 11 is 0. The Labute approximate surface area is 165 Å². The van der Waals surface area contributed by atoms with Gasteiger partial charge in [0.1, 0.15) is 0 Å². The number of Topliss-reactive ketones (excluding diaryl/α,β-unsaturated/α-hetero) is 1. The monoisotopic (exact) mass is 387 g/mol. The van der Waals surface area contributed by atoms with Crippen LogP contribution in [0, 0.1) is 11.7 Å². The summed E-state index contributed by atoms with van der Waals surface area (Å²) in [5.41, 5.74) is 1.60. The van der Waals surface area contributed by atoms with Gasteiger partial charge >= 0.3 is 0 Å². The Morgan fingerprint density at radius 3 is 2.50 bits per heavy atom. The fraction of sp³-hybridized carbons (Fsp3) is 0.409. The number of hydrogen-bond donors (Lipinski definition) is 0. The summed E-state index contributed by atoms with van der Waals surface area (Å²) < 4.78 is 29.2. The molecule has 0 aromatic heterocycles. The first-order valence-electron chi connectivity index (χ1n) is 9.36. The van der Waals surface area contributed by atoms with Gasteiger partial charge in [0, 0.05) is 24.6 Å². The molecule has 150 valence electrons. The maximum atomic E-state index is 13.6. The first-order valence-corrected chi connectivity index (χ1v) is 9.36. The van der Waals surface area contributed by atoms with Gasteiger partial charge in [0.15, 0.2) is 28.8 Å². The third-order valence-corrected chi connectivity index (χ3v) is 5.17. The minimum absolute atomic E-state index is 0.0748. The Morgan fingerprint density at radius 2 is 1.79 bits per heavy atom. The molecule has 0 aliphatic carbocycles. The maximum Gasteiger partial charge on any atom is 0.167 e. The molecule has 3 rings (SSSR count). The summed E-state index contributed by atoms with van der Waals surface area (Å²) in [4.78, 5) is 15.3. The van der Waals surface area contributed by atoms with Crippen molar-refractivity contribution >= 4 is 5.78 Å². The molecule has 0 amide bonds. The topological polar surface area (TPSA) is 48.0 Å². The largest absolute Gasteiger partial charge is 0.494 e. The van der Waals surface area contributed by atoms with Crippen LogP contribution in [0.3, 0.4) is 0 Å². The van der Waals surface area contributed by atoms with E-state index in [2.05, 4.69) is 4.90 Å². The van der Waals surface area contributed by atoms with Gasteiger partial charge in [0.05, 0.1) is 21.3 Å². The van der Waals surface area contributed by atoms with Crippen LogP contribution in [0.15, 0.2) is 36.4 Å². The highest BCUT2D eigenvalue weighted by Crippen LogP contribution is 2.30. The number of nitrogens with zero attached hydrogens (tertiary/aromatic N) is 1. The fourth-order valence-electron chi connectivity index (χ4n) is 3.70. The molecular weight excluding hydrogens is 361 g/mol. The zero-order valence-corrected chi connectivity index (χ0v) is 16.5. The molecule has 0 spiro atoms. The minimum Gasteiger partial charge on any atom is -0.494 e. The molecule has 0 N–H and O–H groups in total. The highest BCUT2D eigenvalue weighted by atomic mass is 19.1. The molecule has 0 radical (unpaired) electrons. The van der Waals surface area contributed by atoms with Gasteiger partial charge in [-0.3, -0.25) is 9.69 Å². The van der Waals surface area contributed by atoms with Crippen molar-refractivity contribution in [1.29, 1.82) is 0 Å². The minimum atomic E-state index is -0.369. The molecule has 5 nitrogen and oxygen atoms in total. The second-order valence-electron chi connectivity index (χ2n) is 6.98. The molecule has 1 aliphatic heterocycles. The Bertz CT molecular complexity index is 839. The Balaban J connectivity index is 1.70. The standard InChI is InChI=1S/C22H26FNO4/c1-26-19-9-7-16(12-21(19)28-3)22(25)17-5-4-10-24(14-17)13-15-6-8-18(23)20(11-15)27-2/h6-9,11-12,17H,4-5,10,13-14H2,1-3H3/t17-/m1/s1. The van der Waals surface area contributed by atoms with E-state index in [1.807, 2.05) is 0 Å². The number of methoxy groups -OCH3 is 3. The number of ketones is 1. The van der Waals surface area contributed by atoms with Crippen molar-refractivity contribution < 1.29 is 23.4 Å². The van der Waals surface area contributed by atoms with E-state index in [4.69, 9.17) is 14.2 Å². The molecule has 1 saturated heterocycles. The first-order chi connectivity index (χ1) is 13.5. The number of rotatable bonds is 7. The summed E-state index contributed by atoms with van der Waals surface area (Å²) in [7, 11) is 4.59. The van der Waals surface area contributed by atoms with E-state index in [-0.39, 0.29) is 23.3 Å². The van der Waals surface area contributed by atoms with Crippen LogP contribution in [0.2, 0.25) is 0 Å². The van der Waals surface area contributed by atoms with Gasteiger partial charge in [0.2, 0.25) is 0 Å². The lowest BCUT2D eigenvalue weighted by atomic mass is 9.89. The van der Waals surface area contributed by atoms with Gasteiger partial charge in [-0.2, -0.15) is 0 Å². The van der Waals surface area contributed by atoms with Crippen LogP contribution in [-0.2, 0) is 6.54 Å². The van der Waals surface area contributed by atoms with Crippen molar-refractivity contribution in [2.75, 3.05) is 34.4 Å². The molecule has 6 heteroatoms. The van der Waals surface area contributed by atoms with Crippen molar-refractivity contribution in [3.63, 3.8) is 0 Å². The Hall–Kier alpha value is -2.60. The van der Waals surface area contributed by atoms with E-state index in [1.54, 1.807) is 44.6 Å². The highest BCUT2D eigenvalue weighted by Gasteiger charge is 2.27. The Morgan fingerprint density at radius 1 is 1.04 bits per heavy atom. The number of carbonyl (C=O) groups excluding carboxylic acids is 1. The summed E-state index contributed by atoms with van der Waals surface area (Å²) in [6.07, 6.45) is 1.80. The lowest BCUT2D eigenvalue weighted by Crippen LogP contribution is -2.38. The van der Waals surface area contributed by atoms with Crippen LogP contribution >= 0.6 is 0 Å². The van der Waals surface area contributed by atoms with Crippen molar-refractivity contribution in [3.8, 4) is 17.2 Å². The number of benzene rings is 2. The number of ether oxygens (including phenoxy) is 3. The van der Waals surface area contributed by atoms with Crippen LogP contribution in [0.25, 0.3) is 0 Å². The Kier molecular flexibility index (Phi) is 6.52. The van der Waals surface area contributed by atoms with E-state index >= 15 is 0 Å². The zero-order chi connectivity index (χ0) is 20.1. The molecule has 2 aromatic rings. The maximum absolute atomic E-state index is 13.6. The van der Waals surface area contributed by atoms with Crippen molar-refractivity contribution in [3.05, 3.63) is 53.3 Å². The average Bonchev–Trinajstić information content (AvgIpc) is 2.74. The number of hydrogen-bond acceptors (Lipinski definition) is 5. The molecule has 1 aliphatic rings. The second kappa shape index (κ2) is 9.06.